The summed E-state index contributed by atoms with van der Waals surface area (Å²) >= 11 is 0. The monoisotopic (exact) mass is 259 g/mol. The molecular formula is C13H16F3NO. The van der Waals surface area contributed by atoms with Gasteiger partial charge in [0.05, 0.1) is 6.61 Å². The van der Waals surface area contributed by atoms with E-state index in [2.05, 4.69) is 5.32 Å². The van der Waals surface area contributed by atoms with Crippen molar-refractivity contribution in [2.45, 2.75) is 37.7 Å². The van der Waals surface area contributed by atoms with Crippen molar-refractivity contribution in [2.75, 3.05) is 7.11 Å². The number of methoxy groups -OCH3 is 1. The Morgan fingerprint density at radius 3 is 2.50 bits per heavy atom. The van der Waals surface area contributed by atoms with Gasteiger partial charge in [-0.25, -0.2) is 0 Å². The number of hydrogen-bond acceptors (Lipinski definition) is 2. The van der Waals surface area contributed by atoms with Gasteiger partial charge in [-0.15, -0.1) is 0 Å². The third-order valence-electron chi connectivity index (χ3n) is 3.23. The topological polar surface area (TPSA) is 21.3 Å². The van der Waals surface area contributed by atoms with E-state index in [0.29, 0.717) is 6.61 Å². The summed E-state index contributed by atoms with van der Waals surface area (Å²) in [5.74, 6) is 0. The summed E-state index contributed by atoms with van der Waals surface area (Å²) in [5.41, 5.74) is 0.165. The van der Waals surface area contributed by atoms with Crippen LogP contribution in [0.4, 0.5) is 13.2 Å². The van der Waals surface area contributed by atoms with Gasteiger partial charge in [-0.05, 0) is 24.0 Å². The quantitative estimate of drug-likeness (QED) is 0.877. The minimum Gasteiger partial charge on any atom is -0.380 e. The summed E-state index contributed by atoms with van der Waals surface area (Å²) in [6, 6.07) is 7.41. The number of halogens is 3. The summed E-state index contributed by atoms with van der Waals surface area (Å²) in [5, 5.41) is 2.63. The third-order valence-corrected chi connectivity index (χ3v) is 3.23. The Balaban J connectivity index is 1.96. The highest BCUT2D eigenvalue weighted by Crippen LogP contribution is 2.49. The van der Waals surface area contributed by atoms with Gasteiger partial charge in [-0.2, -0.15) is 13.2 Å². The molecule has 1 aromatic rings. The molecular weight excluding hydrogens is 243 g/mol. The van der Waals surface area contributed by atoms with Crippen LogP contribution in [0.1, 0.15) is 24.0 Å². The maximum atomic E-state index is 12.7. The van der Waals surface area contributed by atoms with Crippen LogP contribution in [0, 0.1) is 0 Å². The lowest BCUT2D eigenvalue weighted by Gasteiger charge is -2.20. The molecule has 1 aliphatic rings. The summed E-state index contributed by atoms with van der Waals surface area (Å²) in [7, 11) is 1.59. The number of nitrogens with one attached hydrogen (secondary N) is 1. The number of ether oxygens (including phenoxy) is 1. The summed E-state index contributed by atoms with van der Waals surface area (Å²) in [6.45, 7) is 0.704. The Kier molecular flexibility index (Phi) is 3.64. The molecule has 1 aromatic carbocycles. The highest BCUT2D eigenvalue weighted by molar-refractivity contribution is 5.23. The van der Waals surface area contributed by atoms with Gasteiger partial charge in [0.15, 0.2) is 0 Å². The van der Waals surface area contributed by atoms with Gasteiger partial charge in [-0.3, -0.25) is 5.32 Å². The van der Waals surface area contributed by atoms with Crippen LogP contribution in [0.15, 0.2) is 24.3 Å². The molecule has 0 amide bonds. The van der Waals surface area contributed by atoms with Crippen LogP contribution < -0.4 is 5.32 Å². The van der Waals surface area contributed by atoms with Crippen molar-refractivity contribution in [2.24, 2.45) is 0 Å². The van der Waals surface area contributed by atoms with Crippen molar-refractivity contribution in [3.05, 3.63) is 35.4 Å². The van der Waals surface area contributed by atoms with Gasteiger partial charge in [-0.1, -0.05) is 24.3 Å². The number of alkyl halides is 3. The molecule has 1 N–H and O–H groups in total. The molecule has 1 saturated carbocycles. The maximum absolute atomic E-state index is 12.7. The zero-order chi connectivity index (χ0) is 13.2. The summed E-state index contributed by atoms with van der Waals surface area (Å²) in [6.07, 6.45) is -3.81. The Labute approximate surface area is 104 Å². The first-order valence-electron chi connectivity index (χ1n) is 5.85. The van der Waals surface area contributed by atoms with Crippen molar-refractivity contribution in [3.63, 3.8) is 0 Å². The molecule has 100 valence electrons. The van der Waals surface area contributed by atoms with Crippen LogP contribution in [-0.2, 0) is 17.9 Å². The van der Waals surface area contributed by atoms with E-state index < -0.39 is 11.7 Å². The van der Waals surface area contributed by atoms with Gasteiger partial charge in [0, 0.05) is 13.7 Å². The molecule has 0 unspecified atom stereocenters. The molecule has 0 radical (unpaired) electrons. The van der Waals surface area contributed by atoms with Crippen LogP contribution >= 0.6 is 0 Å². The van der Waals surface area contributed by atoms with E-state index in [9.17, 15) is 13.2 Å². The van der Waals surface area contributed by atoms with Crippen molar-refractivity contribution in [3.8, 4) is 0 Å². The number of hydrogen-bond donors (Lipinski definition) is 1. The highest BCUT2D eigenvalue weighted by atomic mass is 19.4. The first-order chi connectivity index (χ1) is 8.47. The van der Waals surface area contributed by atoms with Crippen LogP contribution in [0.3, 0.4) is 0 Å². The van der Waals surface area contributed by atoms with E-state index in [4.69, 9.17) is 4.74 Å². The molecule has 2 rings (SSSR count). The molecule has 18 heavy (non-hydrogen) atoms. The van der Waals surface area contributed by atoms with E-state index in [1.807, 2.05) is 24.3 Å². The minimum absolute atomic E-state index is 0.175. The molecule has 5 heteroatoms. The van der Waals surface area contributed by atoms with E-state index in [1.54, 1.807) is 7.11 Å². The maximum Gasteiger partial charge on any atom is 0.406 e. The lowest BCUT2D eigenvalue weighted by Crippen LogP contribution is -2.44. The second-order valence-electron chi connectivity index (χ2n) is 4.69. The first kappa shape index (κ1) is 13.4. The first-order valence-corrected chi connectivity index (χ1v) is 5.85. The zero-order valence-corrected chi connectivity index (χ0v) is 10.2. The molecule has 0 aromatic heterocycles. The van der Waals surface area contributed by atoms with Crippen molar-refractivity contribution in [1.82, 2.24) is 5.32 Å². The summed E-state index contributed by atoms with van der Waals surface area (Å²) in [4.78, 5) is 0. The fraction of sp³-hybridized carbons (Fsp3) is 0.538. The van der Waals surface area contributed by atoms with Gasteiger partial charge < -0.3 is 4.74 Å². The molecule has 0 saturated heterocycles. The van der Waals surface area contributed by atoms with E-state index in [-0.39, 0.29) is 19.4 Å². The second-order valence-corrected chi connectivity index (χ2v) is 4.69. The molecule has 1 fully saturated rings. The predicted molar refractivity (Wildman–Crippen MR) is 62.0 cm³/mol. The molecule has 0 bridgehead atoms. The van der Waals surface area contributed by atoms with Crippen LogP contribution in [-0.4, -0.2) is 18.8 Å². The highest BCUT2D eigenvalue weighted by Gasteiger charge is 2.62. The van der Waals surface area contributed by atoms with Crippen LogP contribution in [0.2, 0.25) is 0 Å². The number of benzene rings is 1. The van der Waals surface area contributed by atoms with E-state index in [0.717, 1.165) is 11.1 Å². The molecule has 2 nitrogen and oxygen atoms in total. The molecule has 0 spiro atoms. The standard InChI is InChI=1S/C13H16F3NO/c1-18-9-11-4-2-3-10(7-11)8-17-12(5-6-12)13(14,15)16/h2-4,7,17H,5-6,8-9H2,1H3. The Hall–Kier alpha value is -1.07. The smallest absolute Gasteiger partial charge is 0.380 e. The van der Waals surface area contributed by atoms with Gasteiger partial charge in [0.2, 0.25) is 0 Å². The fourth-order valence-corrected chi connectivity index (χ4v) is 1.95. The van der Waals surface area contributed by atoms with Crippen LogP contribution in [0.5, 0.6) is 0 Å². The minimum atomic E-state index is -4.16. The fourth-order valence-electron chi connectivity index (χ4n) is 1.95. The van der Waals surface area contributed by atoms with Crippen LogP contribution in [0.25, 0.3) is 0 Å². The SMILES string of the molecule is COCc1cccc(CNC2(C(F)(F)F)CC2)c1. The second kappa shape index (κ2) is 4.90. The predicted octanol–water partition coefficient (Wildman–Crippen LogP) is 3.02. The lowest BCUT2D eigenvalue weighted by atomic mass is 10.1. The number of rotatable bonds is 5. The van der Waals surface area contributed by atoms with E-state index in [1.165, 1.54) is 0 Å². The van der Waals surface area contributed by atoms with Gasteiger partial charge >= 0.3 is 6.18 Å². The van der Waals surface area contributed by atoms with Crippen molar-refractivity contribution < 1.29 is 17.9 Å². The average molecular weight is 259 g/mol. The normalized spacial score (nSPS) is 17.8. The Bertz CT molecular complexity index is 413. The zero-order valence-electron chi connectivity index (χ0n) is 10.2. The average Bonchev–Trinajstić information content (AvgIpc) is 3.08. The Morgan fingerprint density at radius 2 is 1.94 bits per heavy atom. The summed E-state index contributed by atoms with van der Waals surface area (Å²) < 4.78 is 43.1. The molecule has 0 heterocycles. The van der Waals surface area contributed by atoms with Crippen molar-refractivity contribution >= 4 is 0 Å². The van der Waals surface area contributed by atoms with Crippen molar-refractivity contribution in [1.29, 1.82) is 0 Å². The molecule has 0 aliphatic heterocycles. The van der Waals surface area contributed by atoms with E-state index >= 15 is 0 Å². The Morgan fingerprint density at radius 1 is 1.28 bits per heavy atom. The van der Waals surface area contributed by atoms with Gasteiger partial charge in [0.25, 0.3) is 0 Å². The molecule has 0 atom stereocenters. The lowest BCUT2D eigenvalue weighted by molar-refractivity contribution is -0.166. The third kappa shape index (κ3) is 2.84. The molecule has 1 aliphatic carbocycles. The largest absolute Gasteiger partial charge is 0.406 e. The van der Waals surface area contributed by atoms with Gasteiger partial charge in [0.1, 0.15) is 5.54 Å².